The first-order valence-electron chi connectivity index (χ1n) is 6.11. The molecule has 0 aliphatic carbocycles. The van der Waals surface area contributed by atoms with Crippen molar-refractivity contribution in [1.29, 1.82) is 5.26 Å². The van der Waals surface area contributed by atoms with Crippen LogP contribution in [0.2, 0.25) is 0 Å². The number of nitriles is 1. The first-order valence-corrected chi connectivity index (χ1v) is 6.11. The quantitative estimate of drug-likeness (QED) is 0.840. The maximum Gasteiger partial charge on any atom is 0.328 e. The maximum atomic E-state index is 13.1. The van der Waals surface area contributed by atoms with Gasteiger partial charge in [0.1, 0.15) is 6.04 Å². The first kappa shape index (κ1) is 16.6. The van der Waals surface area contributed by atoms with Crippen molar-refractivity contribution in [3.63, 3.8) is 0 Å². The molecule has 7 heteroatoms. The summed E-state index contributed by atoms with van der Waals surface area (Å²) in [6.45, 7) is 1.59. The molecule has 0 unspecified atom stereocenters. The van der Waals surface area contributed by atoms with Crippen LogP contribution in [0.15, 0.2) is 18.2 Å². The van der Waals surface area contributed by atoms with Gasteiger partial charge in [0, 0.05) is 17.9 Å². The lowest BCUT2D eigenvalue weighted by atomic mass is 9.98. The summed E-state index contributed by atoms with van der Waals surface area (Å²) in [6.07, 6.45) is 0.0256. The van der Waals surface area contributed by atoms with Gasteiger partial charge in [-0.1, -0.05) is 6.92 Å². The summed E-state index contributed by atoms with van der Waals surface area (Å²) in [7, 11) is 1.15. The van der Waals surface area contributed by atoms with Crippen molar-refractivity contribution < 1.29 is 23.1 Å². The standard InChI is InChI=1S/C14H14F2N2O3/c1-8(5-6-17)12(14(20)21-2)18-13(19)9-3-4-10(15)11(16)7-9/h3-4,7-8,12H,5H2,1-2H3,(H,18,19)/t8-,12-/m1/s1. The van der Waals surface area contributed by atoms with E-state index in [-0.39, 0.29) is 12.0 Å². The molecule has 2 atom stereocenters. The molecule has 21 heavy (non-hydrogen) atoms. The summed E-state index contributed by atoms with van der Waals surface area (Å²) in [4.78, 5) is 23.6. The number of esters is 1. The van der Waals surface area contributed by atoms with Crippen LogP contribution in [0.4, 0.5) is 8.78 Å². The molecule has 0 spiro atoms. The topological polar surface area (TPSA) is 79.2 Å². The van der Waals surface area contributed by atoms with Crippen LogP contribution in [0.1, 0.15) is 23.7 Å². The van der Waals surface area contributed by atoms with E-state index >= 15 is 0 Å². The molecule has 1 N–H and O–H groups in total. The summed E-state index contributed by atoms with van der Waals surface area (Å²) < 4.78 is 30.5. The summed E-state index contributed by atoms with van der Waals surface area (Å²) >= 11 is 0. The molecule has 0 radical (unpaired) electrons. The number of benzene rings is 1. The van der Waals surface area contributed by atoms with E-state index in [4.69, 9.17) is 5.26 Å². The van der Waals surface area contributed by atoms with Crippen molar-refractivity contribution in [2.75, 3.05) is 7.11 Å². The zero-order valence-electron chi connectivity index (χ0n) is 11.5. The summed E-state index contributed by atoms with van der Waals surface area (Å²) in [5, 5.41) is 11.0. The normalized spacial score (nSPS) is 12.9. The third-order valence-electron chi connectivity index (χ3n) is 2.91. The van der Waals surface area contributed by atoms with Gasteiger partial charge in [-0.25, -0.2) is 13.6 Å². The average Bonchev–Trinajstić information content (AvgIpc) is 2.46. The number of hydrogen-bond acceptors (Lipinski definition) is 4. The Morgan fingerprint density at radius 2 is 2.05 bits per heavy atom. The fourth-order valence-electron chi connectivity index (χ4n) is 1.68. The second-order valence-corrected chi connectivity index (χ2v) is 4.44. The Bertz CT molecular complexity index is 584. The maximum absolute atomic E-state index is 13.1. The molecule has 0 aliphatic rings. The highest BCUT2D eigenvalue weighted by atomic mass is 19.2. The molecule has 0 aromatic heterocycles. The molecule has 5 nitrogen and oxygen atoms in total. The Morgan fingerprint density at radius 3 is 2.57 bits per heavy atom. The molecule has 1 aromatic rings. The van der Waals surface area contributed by atoms with Gasteiger partial charge in [-0.3, -0.25) is 4.79 Å². The summed E-state index contributed by atoms with van der Waals surface area (Å²) in [6, 6.07) is 3.48. The molecular formula is C14H14F2N2O3. The number of rotatable bonds is 5. The molecule has 0 fully saturated rings. The largest absolute Gasteiger partial charge is 0.467 e. The van der Waals surface area contributed by atoms with Gasteiger partial charge in [-0.15, -0.1) is 0 Å². The molecule has 1 rings (SSSR count). The number of amides is 1. The number of methoxy groups -OCH3 is 1. The van der Waals surface area contributed by atoms with E-state index < -0.39 is 35.5 Å². The molecule has 1 amide bonds. The predicted molar refractivity (Wildman–Crippen MR) is 69.0 cm³/mol. The van der Waals surface area contributed by atoms with Gasteiger partial charge in [0.2, 0.25) is 0 Å². The number of carbonyl (C=O) groups is 2. The minimum absolute atomic E-state index is 0.0256. The lowest BCUT2D eigenvalue weighted by Gasteiger charge is -2.21. The second-order valence-electron chi connectivity index (χ2n) is 4.44. The van der Waals surface area contributed by atoms with Crippen molar-refractivity contribution >= 4 is 11.9 Å². The lowest BCUT2D eigenvalue weighted by molar-refractivity contribution is -0.144. The van der Waals surface area contributed by atoms with Crippen molar-refractivity contribution in [2.45, 2.75) is 19.4 Å². The van der Waals surface area contributed by atoms with E-state index in [1.54, 1.807) is 6.92 Å². The second kappa shape index (κ2) is 7.33. The van der Waals surface area contributed by atoms with Crippen molar-refractivity contribution in [2.24, 2.45) is 5.92 Å². The highest BCUT2D eigenvalue weighted by Crippen LogP contribution is 2.12. The molecule has 0 saturated heterocycles. The lowest BCUT2D eigenvalue weighted by Crippen LogP contribution is -2.45. The van der Waals surface area contributed by atoms with Gasteiger partial charge in [0.25, 0.3) is 5.91 Å². The molecular weight excluding hydrogens is 282 g/mol. The molecule has 0 bridgehead atoms. The molecule has 0 aliphatic heterocycles. The van der Waals surface area contributed by atoms with Gasteiger partial charge in [-0.05, 0) is 18.2 Å². The Kier molecular flexibility index (Phi) is 5.79. The van der Waals surface area contributed by atoms with E-state index in [9.17, 15) is 18.4 Å². The number of halogens is 2. The number of nitrogens with zero attached hydrogens (tertiary/aromatic N) is 1. The Labute approximate surface area is 120 Å². The number of ether oxygens (including phenoxy) is 1. The van der Waals surface area contributed by atoms with Crippen LogP contribution >= 0.6 is 0 Å². The predicted octanol–water partition coefficient (Wildman–Crippen LogP) is 1.79. The zero-order chi connectivity index (χ0) is 16.0. The smallest absolute Gasteiger partial charge is 0.328 e. The van der Waals surface area contributed by atoms with Gasteiger partial charge >= 0.3 is 5.97 Å². The summed E-state index contributed by atoms with van der Waals surface area (Å²) in [5.74, 6) is -4.20. The van der Waals surface area contributed by atoms with Crippen LogP contribution in [0.3, 0.4) is 0 Å². The Balaban J connectivity index is 2.92. The van der Waals surface area contributed by atoms with Crippen LogP contribution in [-0.4, -0.2) is 25.0 Å². The van der Waals surface area contributed by atoms with Crippen LogP contribution in [0, 0.1) is 28.9 Å². The fraction of sp³-hybridized carbons (Fsp3) is 0.357. The zero-order valence-corrected chi connectivity index (χ0v) is 11.5. The van der Waals surface area contributed by atoms with Crippen molar-refractivity contribution in [3.05, 3.63) is 35.4 Å². The minimum Gasteiger partial charge on any atom is -0.467 e. The number of nitrogens with one attached hydrogen (secondary N) is 1. The Hall–Kier alpha value is -2.49. The Morgan fingerprint density at radius 1 is 1.38 bits per heavy atom. The van der Waals surface area contributed by atoms with Crippen LogP contribution in [0.5, 0.6) is 0 Å². The third kappa shape index (κ3) is 4.24. The van der Waals surface area contributed by atoms with E-state index in [1.165, 1.54) is 0 Å². The average molecular weight is 296 g/mol. The highest BCUT2D eigenvalue weighted by molar-refractivity contribution is 5.96. The van der Waals surface area contributed by atoms with Gasteiger partial charge in [-0.2, -0.15) is 5.26 Å². The van der Waals surface area contributed by atoms with E-state index in [0.717, 1.165) is 25.3 Å². The highest BCUT2D eigenvalue weighted by Gasteiger charge is 2.28. The molecule has 112 valence electrons. The van der Waals surface area contributed by atoms with Crippen molar-refractivity contribution in [3.8, 4) is 6.07 Å². The molecule has 0 heterocycles. The van der Waals surface area contributed by atoms with E-state index in [1.807, 2.05) is 6.07 Å². The van der Waals surface area contributed by atoms with E-state index in [0.29, 0.717) is 0 Å². The van der Waals surface area contributed by atoms with Crippen LogP contribution < -0.4 is 5.32 Å². The van der Waals surface area contributed by atoms with Gasteiger partial charge in [0.05, 0.1) is 13.2 Å². The first-order chi connectivity index (χ1) is 9.90. The van der Waals surface area contributed by atoms with Crippen LogP contribution in [0.25, 0.3) is 0 Å². The SMILES string of the molecule is COC(=O)[C@H](NC(=O)c1ccc(F)c(F)c1)[C@H](C)CC#N. The van der Waals surface area contributed by atoms with Gasteiger partial charge in [0.15, 0.2) is 11.6 Å². The fourth-order valence-corrected chi connectivity index (χ4v) is 1.68. The molecule has 0 saturated carbocycles. The minimum atomic E-state index is -1.16. The number of hydrogen-bond donors (Lipinski definition) is 1. The van der Waals surface area contributed by atoms with Crippen LogP contribution in [-0.2, 0) is 9.53 Å². The monoisotopic (exact) mass is 296 g/mol. The van der Waals surface area contributed by atoms with Crippen molar-refractivity contribution in [1.82, 2.24) is 5.32 Å². The van der Waals surface area contributed by atoms with E-state index in [2.05, 4.69) is 10.1 Å². The third-order valence-corrected chi connectivity index (χ3v) is 2.91. The molecule has 1 aromatic carbocycles. The van der Waals surface area contributed by atoms with Gasteiger partial charge < -0.3 is 10.1 Å². The summed E-state index contributed by atoms with van der Waals surface area (Å²) in [5.41, 5.74) is -0.132. The number of carbonyl (C=O) groups excluding carboxylic acids is 2.